The van der Waals surface area contributed by atoms with Crippen LogP contribution in [0.1, 0.15) is 5.56 Å². The van der Waals surface area contributed by atoms with Crippen LogP contribution in [0.3, 0.4) is 0 Å². The van der Waals surface area contributed by atoms with Crippen molar-refractivity contribution in [2.75, 3.05) is 36.5 Å². The van der Waals surface area contributed by atoms with Crippen LogP contribution in [0.4, 0.5) is 21.6 Å². The van der Waals surface area contributed by atoms with Gasteiger partial charge in [-0.2, -0.15) is 0 Å². The molecule has 1 fully saturated rings. The van der Waals surface area contributed by atoms with Crippen LogP contribution in [0, 0.1) is 12.7 Å². The van der Waals surface area contributed by atoms with Crippen molar-refractivity contribution in [3.8, 4) is 11.4 Å². The highest BCUT2D eigenvalue weighted by atomic mass is 19.1. The molecular formula is C23H22FN5O. The van der Waals surface area contributed by atoms with Crippen LogP contribution in [0.5, 0.6) is 0 Å². The fraction of sp³-hybridized carbons (Fsp3) is 0.217. The van der Waals surface area contributed by atoms with E-state index in [2.05, 4.69) is 32.3 Å². The number of morpholine rings is 1. The van der Waals surface area contributed by atoms with Gasteiger partial charge in [-0.15, -0.1) is 0 Å². The first-order valence-electron chi connectivity index (χ1n) is 9.98. The SMILES string of the molecule is Cc1ccc2nc(-c3ncccc3F)c(Nc3ccc(N4CCOCC4)cc3)n2c1. The van der Waals surface area contributed by atoms with Crippen molar-refractivity contribution < 1.29 is 9.13 Å². The van der Waals surface area contributed by atoms with Gasteiger partial charge in [0.15, 0.2) is 5.82 Å². The Labute approximate surface area is 174 Å². The molecule has 0 atom stereocenters. The number of rotatable bonds is 4. The summed E-state index contributed by atoms with van der Waals surface area (Å²) in [6, 6.07) is 15.1. The van der Waals surface area contributed by atoms with Gasteiger partial charge in [0.2, 0.25) is 0 Å². The van der Waals surface area contributed by atoms with E-state index in [0.29, 0.717) is 11.5 Å². The van der Waals surface area contributed by atoms with Gasteiger partial charge < -0.3 is 15.0 Å². The number of halogens is 1. The van der Waals surface area contributed by atoms with Gasteiger partial charge in [0, 0.05) is 36.9 Å². The first-order valence-corrected chi connectivity index (χ1v) is 9.98. The van der Waals surface area contributed by atoms with Crippen LogP contribution in [-0.2, 0) is 4.74 Å². The van der Waals surface area contributed by atoms with E-state index in [1.807, 2.05) is 41.8 Å². The average Bonchev–Trinajstić information content (AvgIpc) is 3.12. The second-order valence-electron chi connectivity index (χ2n) is 7.35. The summed E-state index contributed by atoms with van der Waals surface area (Å²) < 4.78 is 21.9. The summed E-state index contributed by atoms with van der Waals surface area (Å²) in [6.07, 6.45) is 3.56. The third-order valence-electron chi connectivity index (χ3n) is 5.26. The maximum atomic E-state index is 14.5. The highest BCUT2D eigenvalue weighted by Gasteiger charge is 2.19. The molecule has 1 aliphatic rings. The number of nitrogens with zero attached hydrogens (tertiary/aromatic N) is 4. The molecule has 30 heavy (non-hydrogen) atoms. The molecule has 0 radical (unpaired) electrons. The number of hydrogen-bond donors (Lipinski definition) is 1. The van der Waals surface area contributed by atoms with Gasteiger partial charge in [-0.3, -0.25) is 9.38 Å². The lowest BCUT2D eigenvalue weighted by atomic mass is 10.2. The Morgan fingerprint density at radius 2 is 1.80 bits per heavy atom. The third kappa shape index (κ3) is 3.48. The fourth-order valence-electron chi connectivity index (χ4n) is 3.71. The van der Waals surface area contributed by atoms with Gasteiger partial charge in [0.1, 0.15) is 22.9 Å². The number of benzene rings is 1. The number of pyridine rings is 2. The highest BCUT2D eigenvalue weighted by molar-refractivity contribution is 5.78. The van der Waals surface area contributed by atoms with Crippen molar-refractivity contribution >= 4 is 22.8 Å². The molecule has 1 saturated heterocycles. The van der Waals surface area contributed by atoms with E-state index >= 15 is 0 Å². The minimum Gasteiger partial charge on any atom is -0.378 e. The van der Waals surface area contributed by atoms with Crippen molar-refractivity contribution in [2.24, 2.45) is 0 Å². The average molecular weight is 403 g/mol. The Kier molecular flexibility index (Phi) is 4.80. The number of aromatic nitrogens is 3. The number of nitrogens with one attached hydrogen (secondary N) is 1. The van der Waals surface area contributed by atoms with E-state index in [1.54, 1.807) is 12.3 Å². The Morgan fingerprint density at radius 1 is 1.00 bits per heavy atom. The zero-order valence-electron chi connectivity index (χ0n) is 16.7. The molecule has 0 aliphatic carbocycles. The van der Waals surface area contributed by atoms with E-state index in [9.17, 15) is 4.39 Å². The number of ether oxygens (including phenoxy) is 1. The van der Waals surface area contributed by atoms with Gasteiger partial charge >= 0.3 is 0 Å². The largest absolute Gasteiger partial charge is 0.378 e. The van der Waals surface area contributed by atoms with E-state index in [-0.39, 0.29) is 5.69 Å². The van der Waals surface area contributed by atoms with Crippen LogP contribution >= 0.6 is 0 Å². The Balaban J connectivity index is 1.54. The standard InChI is InChI=1S/C23H22FN5O/c1-16-4-9-20-27-22(21-19(24)3-2-10-25-21)23(29(20)15-16)26-17-5-7-18(8-6-17)28-11-13-30-14-12-28/h2-10,15,26H,11-14H2,1H3. The minimum absolute atomic E-state index is 0.228. The lowest BCUT2D eigenvalue weighted by Crippen LogP contribution is -2.36. The summed E-state index contributed by atoms with van der Waals surface area (Å²) >= 11 is 0. The number of imidazole rings is 1. The molecule has 0 bridgehead atoms. The van der Waals surface area contributed by atoms with Gasteiger partial charge in [0.25, 0.3) is 0 Å². The molecule has 0 unspecified atom stereocenters. The normalized spacial score (nSPS) is 14.3. The quantitative estimate of drug-likeness (QED) is 0.547. The molecule has 4 heterocycles. The monoisotopic (exact) mass is 403 g/mol. The van der Waals surface area contributed by atoms with Gasteiger partial charge in [0.05, 0.1) is 13.2 Å². The molecule has 3 aromatic heterocycles. The third-order valence-corrected chi connectivity index (χ3v) is 5.26. The van der Waals surface area contributed by atoms with E-state index < -0.39 is 5.82 Å². The van der Waals surface area contributed by atoms with Crippen molar-refractivity contribution in [3.63, 3.8) is 0 Å². The first-order chi connectivity index (χ1) is 14.7. The maximum Gasteiger partial charge on any atom is 0.151 e. The van der Waals surface area contributed by atoms with Crippen LogP contribution in [0.2, 0.25) is 0 Å². The first kappa shape index (κ1) is 18.6. The molecule has 5 rings (SSSR count). The van der Waals surface area contributed by atoms with Crippen molar-refractivity contribution in [3.05, 3.63) is 72.3 Å². The minimum atomic E-state index is -0.400. The number of anilines is 3. The molecule has 152 valence electrons. The molecule has 0 amide bonds. The number of hydrogen-bond acceptors (Lipinski definition) is 5. The number of fused-ring (bicyclic) bond motifs is 1. The Hall–Kier alpha value is -3.45. The molecule has 4 aromatic rings. The lowest BCUT2D eigenvalue weighted by molar-refractivity contribution is 0.122. The Bertz CT molecular complexity index is 1180. The highest BCUT2D eigenvalue weighted by Crippen LogP contribution is 2.32. The van der Waals surface area contributed by atoms with Gasteiger partial charge in [-0.1, -0.05) is 6.07 Å². The summed E-state index contributed by atoms with van der Waals surface area (Å²) in [5, 5.41) is 3.43. The molecule has 1 aromatic carbocycles. The summed E-state index contributed by atoms with van der Waals surface area (Å²) in [6.45, 7) is 5.30. The molecule has 1 aliphatic heterocycles. The smallest absolute Gasteiger partial charge is 0.151 e. The van der Waals surface area contributed by atoms with E-state index in [0.717, 1.165) is 48.9 Å². The zero-order chi connectivity index (χ0) is 20.5. The predicted molar refractivity (Wildman–Crippen MR) is 116 cm³/mol. The topological polar surface area (TPSA) is 54.7 Å². The van der Waals surface area contributed by atoms with Gasteiger partial charge in [-0.25, -0.2) is 9.37 Å². The molecular weight excluding hydrogens is 381 g/mol. The Morgan fingerprint density at radius 3 is 2.57 bits per heavy atom. The van der Waals surface area contributed by atoms with Crippen molar-refractivity contribution in [1.29, 1.82) is 0 Å². The van der Waals surface area contributed by atoms with E-state index in [1.165, 1.54) is 6.07 Å². The zero-order valence-corrected chi connectivity index (χ0v) is 16.7. The lowest BCUT2D eigenvalue weighted by Gasteiger charge is -2.28. The molecule has 0 spiro atoms. The number of aryl methyl sites for hydroxylation is 1. The maximum absolute atomic E-state index is 14.5. The molecule has 1 N–H and O–H groups in total. The second kappa shape index (κ2) is 7.76. The van der Waals surface area contributed by atoms with Crippen molar-refractivity contribution in [2.45, 2.75) is 6.92 Å². The summed E-state index contributed by atoms with van der Waals surface area (Å²) in [5.41, 5.74) is 4.58. The van der Waals surface area contributed by atoms with E-state index in [4.69, 9.17) is 4.74 Å². The second-order valence-corrected chi connectivity index (χ2v) is 7.35. The fourth-order valence-corrected chi connectivity index (χ4v) is 3.71. The van der Waals surface area contributed by atoms with Crippen molar-refractivity contribution in [1.82, 2.24) is 14.4 Å². The van der Waals surface area contributed by atoms with Crippen LogP contribution < -0.4 is 10.2 Å². The van der Waals surface area contributed by atoms with Crippen LogP contribution in [-0.4, -0.2) is 40.7 Å². The van der Waals surface area contributed by atoms with Gasteiger partial charge in [-0.05, 0) is 55.0 Å². The van der Waals surface area contributed by atoms with Crippen LogP contribution in [0.25, 0.3) is 17.0 Å². The predicted octanol–water partition coefficient (Wildman–Crippen LogP) is 4.42. The summed E-state index contributed by atoms with van der Waals surface area (Å²) in [7, 11) is 0. The molecule has 6 nitrogen and oxygen atoms in total. The molecule has 0 saturated carbocycles. The molecule has 7 heteroatoms. The van der Waals surface area contributed by atoms with Crippen LogP contribution in [0.15, 0.2) is 60.9 Å². The summed E-state index contributed by atoms with van der Waals surface area (Å²) in [4.78, 5) is 11.2. The summed E-state index contributed by atoms with van der Waals surface area (Å²) in [5.74, 6) is 0.286.